The number of Topliss-reactive ketones (excluding diaryl/α,β-unsaturated/α-hetero) is 1. The van der Waals surface area contributed by atoms with Crippen molar-refractivity contribution in [2.75, 3.05) is 24.6 Å². The Balaban J connectivity index is 4.23. The molecule has 0 aliphatic carbocycles. The van der Waals surface area contributed by atoms with E-state index in [0.717, 1.165) is 0 Å². The van der Waals surface area contributed by atoms with Gasteiger partial charge in [-0.25, -0.2) is 8.42 Å². The average molecular weight is 277 g/mol. The van der Waals surface area contributed by atoms with Crippen molar-refractivity contribution in [2.45, 2.75) is 40.0 Å². The van der Waals surface area contributed by atoms with Crippen LogP contribution in [0.25, 0.3) is 0 Å². The summed E-state index contributed by atoms with van der Waals surface area (Å²) >= 11 is 0. The first-order valence-corrected chi connectivity index (χ1v) is 8.18. The van der Waals surface area contributed by atoms with Crippen LogP contribution >= 0.6 is 0 Å². The fraction of sp³-hybridized carbons (Fsp3) is 0.833. The molecule has 106 valence electrons. The molecule has 0 aromatic heterocycles. The molecular weight excluding hydrogens is 254 g/mol. The van der Waals surface area contributed by atoms with E-state index in [9.17, 15) is 18.0 Å². The van der Waals surface area contributed by atoms with E-state index in [0.29, 0.717) is 25.9 Å². The van der Waals surface area contributed by atoms with Crippen molar-refractivity contribution < 1.29 is 18.0 Å². The lowest BCUT2D eigenvalue weighted by atomic mass is 10.2. The van der Waals surface area contributed by atoms with Crippen LogP contribution in [0.2, 0.25) is 0 Å². The number of hydrogen-bond donors (Lipinski definition) is 0. The number of ketones is 1. The molecule has 0 atom stereocenters. The zero-order valence-electron chi connectivity index (χ0n) is 11.4. The molecule has 0 aliphatic heterocycles. The molecule has 0 aromatic rings. The molecule has 1 amide bonds. The second-order valence-electron chi connectivity index (χ2n) is 4.15. The molecule has 6 heteroatoms. The van der Waals surface area contributed by atoms with Crippen LogP contribution < -0.4 is 0 Å². The van der Waals surface area contributed by atoms with Crippen molar-refractivity contribution in [3.63, 3.8) is 0 Å². The zero-order chi connectivity index (χ0) is 14.2. The van der Waals surface area contributed by atoms with E-state index in [1.807, 2.05) is 13.8 Å². The van der Waals surface area contributed by atoms with Gasteiger partial charge in [-0.1, -0.05) is 6.92 Å². The summed E-state index contributed by atoms with van der Waals surface area (Å²) < 4.78 is 23.4. The lowest BCUT2D eigenvalue weighted by Crippen LogP contribution is -2.36. The highest BCUT2D eigenvalue weighted by molar-refractivity contribution is 7.92. The number of nitrogens with zero attached hydrogens (tertiary/aromatic N) is 1. The third-order valence-corrected chi connectivity index (χ3v) is 4.36. The fourth-order valence-corrected chi connectivity index (χ4v) is 2.88. The lowest BCUT2D eigenvalue weighted by molar-refractivity contribution is -0.128. The van der Waals surface area contributed by atoms with Gasteiger partial charge in [0.2, 0.25) is 5.91 Å². The second-order valence-corrected chi connectivity index (χ2v) is 6.34. The van der Waals surface area contributed by atoms with E-state index in [-0.39, 0.29) is 23.9 Å². The van der Waals surface area contributed by atoms with Crippen molar-refractivity contribution >= 4 is 21.5 Å². The van der Waals surface area contributed by atoms with Gasteiger partial charge < -0.3 is 4.90 Å². The minimum Gasteiger partial charge on any atom is -0.342 e. The molecular formula is C12H23NO4S. The van der Waals surface area contributed by atoms with Gasteiger partial charge in [0.1, 0.15) is 11.5 Å². The van der Waals surface area contributed by atoms with Crippen LogP contribution in [0.4, 0.5) is 0 Å². The van der Waals surface area contributed by atoms with E-state index >= 15 is 0 Å². The molecule has 0 bridgehead atoms. The van der Waals surface area contributed by atoms with E-state index in [1.165, 1.54) is 4.90 Å². The number of amides is 1. The van der Waals surface area contributed by atoms with Gasteiger partial charge in [-0.15, -0.1) is 0 Å². The maximum atomic E-state index is 11.7. The van der Waals surface area contributed by atoms with E-state index < -0.39 is 15.6 Å². The van der Waals surface area contributed by atoms with Crippen LogP contribution in [0.15, 0.2) is 0 Å². The third kappa shape index (κ3) is 6.74. The van der Waals surface area contributed by atoms with E-state index in [1.54, 1.807) is 6.92 Å². The topological polar surface area (TPSA) is 71.5 Å². The minimum atomic E-state index is -3.39. The number of rotatable bonds is 9. The normalized spacial score (nSPS) is 11.3. The van der Waals surface area contributed by atoms with Crippen LogP contribution in [0.5, 0.6) is 0 Å². The third-order valence-electron chi connectivity index (χ3n) is 2.76. The lowest BCUT2D eigenvalue weighted by Gasteiger charge is -2.18. The zero-order valence-corrected chi connectivity index (χ0v) is 12.3. The van der Waals surface area contributed by atoms with Crippen LogP contribution in [0.1, 0.15) is 40.0 Å². The Labute approximate surface area is 109 Å². The summed E-state index contributed by atoms with van der Waals surface area (Å²) in [4.78, 5) is 24.2. The Kier molecular flexibility index (Phi) is 7.82. The minimum absolute atomic E-state index is 0.0558. The molecule has 0 N–H and O–H groups in total. The molecule has 0 saturated carbocycles. The molecule has 0 rings (SSSR count). The summed E-state index contributed by atoms with van der Waals surface area (Å²) in [5.74, 6) is -0.845. The largest absolute Gasteiger partial charge is 0.342 e. The van der Waals surface area contributed by atoms with Crippen molar-refractivity contribution in [3.8, 4) is 0 Å². The molecule has 0 aliphatic rings. The van der Waals surface area contributed by atoms with Gasteiger partial charge in [-0.3, -0.25) is 9.59 Å². The molecule has 0 unspecified atom stereocenters. The maximum Gasteiger partial charge on any atom is 0.237 e. The van der Waals surface area contributed by atoms with E-state index in [2.05, 4.69) is 0 Å². The van der Waals surface area contributed by atoms with Crippen LogP contribution in [-0.2, 0) is 19.4 Å². The molecule has 0 aromatic carbocycles. The monoisotopic (exact) mass is 277 g/mol. The first-order chi connectivity index (χ1) is 8.36. The van der Waals surface area contributed by atoms with Gasteiger partial charge in [0, 0.05) is 25.9 Å². The van der Waals surface area contributed by atoms with Crippen molar-refractivity contribution in [1.82, 2.24) is 4.90 Å². The number of hydrogen-bond acceptors (Lipinski definition) is 4. The number of carbonyl (C=O) groups excluding carboxylic acids is 2. The maximum absolute atomic E-state index is 11.7. The van der Waals surface area contributed by atoms with Crippen molar-refractivity contribution in [2.24, 2.45) is 0 Å². The Bertz CT molecular complexity index is 372. The Morgan fingerprint density at radius 3 is 2.06 bits per heavy atom. The SMILES string of the molecule is CCC(=O)CCCS(=O)(=O)CC(=O)N(CC)CC. The summed E-state index contributed by atoms with van der Waals surface area (Å²) in [6.45, 7) is 6.40. The van der Waals surface area contributed by atoms with Crippen LogP contribution in [0.3, 0.4) is 0 Å². The highest BCUT2D eigenvalue weighted by atomic mass is 32.2. The fourth-order valence-electron chi connectivity index (χ4n) is 1.59. The first kappa shape index (κ1) is 17.1. The van der Waals surface area contributed by atoms with Gasteiger partial charge in [0.15, 0.2) is 9.84 Å². The first-order valence-electron chi connectivity index (χ1n) is 6.36. The van der Waals surface area contributed by atoms with Gasteiger partial charge >= 0.3 is 0 Å². The predicted octanol–water partition coefficient (Wildman–Crippen LogP) is 1.03. The summed E-state index contributed by atoms with van der Waals surface area (Å²) in [7, 11) is -3.39. The van der Waals surface area contributed by atoms with Gasteiger partial charge in [-0.05, 0) is 20.3 Å². The second kappa shape index (κ2) is 8.24. The molecule has 0 fully saturated rings. The van der Waals surface area contributed by atoms with Gasteiger partial charge in [-0.2, -0.15) is 0 Å². The van der Waals surface area contributed by atoms with Crippen molar-refractivity contribution in [3.05, 3.63) is 0 Å². The van der Waals surface area contributed by atoms with Crippen LogP contribution in [-0.4, -0.2) is 49.6 Å². The summed E-state index contributed by atoms with van der Waals surface area (Å²) in [6.07, 6.45) is 1.01. The molecule has 18 heavy (non-hydrogen) atoms. The standard InChI is InChI=1S/C12H23NO4S/c1-4-11(14)8-7-9-18(16,17)10-12(15)13(5-2)6-3/h4-10H2,1-3H3. The van der Waals surface area contributed by atoms with Gasteiger partial charge in [0.25, 0.3) is 0 Å². The molecule has 0 spiro atoms. The Morgan fingerprint density at radius 1 is 1.06 bits per heavy atom. The van der Waals surface area contributed by atoms with Crippen molar-refractivity contribution in [1.29, 1.82) is 0 Å². The molecule has 0 saturated heterocycles. The van der Waals surface area contributed by atoms with Crippen LogP contribution in [0, 0.1) is 0 Å². The predicted molar refractivity (Wildman–Crippen MR) is 71.1 cm³/mol. The highest BCUT2D eigenvalue weighted by Gasteiger charge is 2.20. The summed E-state index contributed by atoms with van der Waals surface area (Å²) in [5, 5.41) is 0. The molecule has 5 nitrogen and oxygen atoms in total. The summed E-state index contributed by atoms with van der Waals surface area (Å²) in [5.41, 5.74) is 0. The van der Waals surface area contributed by atoms with E-state index in [4.69, 9.17) is 0 Å². The smallest absolute Gasteiger partial charge is 0.237 e. The van der Waals surface area contributed by atoms with Gasteiger partial charge in [0.05, 0.1) is 5.75 Å². The Hall–Kier alpha value is -0.910. The number of sulfone groups is 1. The number of carbonyl (C=O) groups is 2. The quantitative estimate of drug-likeness (QED) is 0.631. The molecule has 0 heterocycles. The average Bonchev–Trinajstić information content (AvgIpc) is 2.29. The summed E-state index contributed by atoms with van der Waals surface area (Å²) in [6, 6.07) is 0. The Morgan fingerprint density at radius 2 is 1.61 bits per heavy atom. The molecule has 0 radical (unpaired) electrons. The highest BCUT2D eigenvalue weighted by Crippen LogP contribution is 2.02.